The smallest absolute Gasteiger partial charge is 0.287 e. The zero-order valence-corrected chi connectivity index (χ0v) is 27.6. The van der Waals surface area contributed by atoms with Gasteiger partial charge < -0.3 is 30.0 Å². The maximum atomic E-state index is 13.3. The van der Waals surface area contributed by atoms with Crippen LogP contribution < -0.4 is 15.4 Å². The molecule has 48 heavy (non-hydrogen) atoms. The highest BCUT2D eigenvalue weighted by molar-refractivity contribution is 7.89. The summed E-state index contributed by atoms with van der Waals surface area (Å²) in [6, 6.07) is 16.8. The largest absolute Gasteiger partial charge is 0.497 e. The molecule has 0 saturated carbocycles. The van der Waals surface area contributed by atoms with Crippen LogP contribution in [0.5, 0.6) is 5.75 Å². The van der Waals surface area contributed by atoms with Crippen LogP contribution in [0.3, 0.4) is 0 Å². The number of aliphatic hydroxyl groups excluding tert-OH is 1. The van der Waals surface area contributed by atoms with Crippen molar-refractivity contribution in [1.29, 1.82) is 0 Å². The van der Waals surface area contributed by atoms with Gasteiger partial charge in [-0.15, -0.1) is 11.3 Å². The molecule has 4 aromatic rings. The Balaban J connectivity index is 1.25. The van der Waals surface area contributed by atoms with Crippen molar-refractivity contribution >= 4 is 48.9 Å². The molecule has 3 heterocycles. The fourth-order valence-corrected chi connectivity index (χ4v) is 7.56. The van der Waals surface area contributed by atoms with E-state index >= 15 is 0 Å². The highest BCUT2D eigenvalue weighted by Crippen LogP contribution is 2.38. The second-order valence-electron chi connectivity index (χ2n) is 10.6. The molecular formula is C32H35N5O9S2. The first-order valence-corrected chi connectivity index (χ1v) is 17.4. The Morgan fingerprint density at radius 1 is 1.15 bits per heavy atom. The Morgan fingerprint density at radius 3 is 2.65 bits per heavy atom. The molecule has 0 fully saturated rings. The molecule has 3 N–H and O–H groups in total. The van der Waals surface area contributed by atoms with Gasteiger partial charge in [-0.1, -0.05) is 18.2 Å². The first-order valence-electron chi connectivity index (χ1n) is 15.0. The van der Waals surface area contributed by atoms with Crippen LogP contribution in [0.15, 0.2) is 89.0 Å². The van der Waals surface area contributed by atoms with Crippen LogP contribution >= 0.6 is 11.3 Å². The van der Waals surface area contributed by atoms with E-state index in [2.05, 4.69) is 21.0 Å². The summed E-state index contributed by atoms with van der Waals surface area (Å²) in [4.78, 5) is 27.6. The third-order valence-corrected chi connectivity index (χ3v) is 10.5. The lowest BCUT2D eigenvalue weighted by atomic mass is 9.92. The van der Waals surface area contributed by atoms with Crippen LogP contribution in [0.1, 0.15) is 17.9 Å². The molecule has 1 aliphatic rings. The topological polar surface area (TPSA) is 182 Å². The molecule has 0 unspecified atom stereocenters. The number of amides is 1. The number of anilines is 1. The first kappa shape index (κ1) is 34.7. The number of sulfonamides is 1. The van der Waals surface area contributed by atoms with Crippen LogP contribution in [0.25, 0.3) is 10.1 Å². The number of methoxy groups -OCH3 is 1. The number of allylic oxidation sites excluding steroid dienone is 1. The van der Waals surface area contributed by atoms with Crippen LogP contribution in [0.4, 0.5) is 11.5 Å². The number of nitro groups is 1. The summed E-state index contributed by atoms with van der Waals surface area (Å²) < 4.78 is 46.0. The van der Waals surface area contributed by atoms with Gasteiger partial charge in [0.05, 0.1) is 30.1 Å². The van der Waals surface area contributed by atoms with Crippen molar-refractivity contribution in [2.45, 2.75) is 23.5 Å². The van der Waals surface area contributed by atoms with Crippen LogP contribution in [0, 0.1) is 10.1 Å². The number of thiophene rings is 1. The predicted octanol–water partition coefficient (Wildman–Crippen LogP) is 3.86. The van der Waals surface area contributed by atoms with E-state index in [-0.39, 0.29) is 55.1 Å². The molecule has 254 valence electrons. The molecule has 2 atom stereocenters. The van der Waals surface area contributed by atoms with E-state index in [4.69, 9.17) is 14.2 Å². The van der Waals surface area contributed by atoms with Crippen LogP contribution in [-0.4, -0.2) is 86.4 Å². The van der Waals surface area contributed by atoms with Crippen molar-refractivity contribution in [2.75, 3.05) is 51.8 Å². The lowest BCUT2D eigenvalue weighted by Crippen LogP contribution is -2.38. The number of fused-ring (bicyclic) bond motifs is 1. The van der Waals surface area contributed by atoms with E-state index in [0.717, 1.165) is 26.2 Å². The molecular weight excluding hydrogens is 663 g/mol. The van der Waals surface area contributed by atoms with Crippen LogP contribution in [0.2, 0.25) is 0 Å². The van der Waals surface area contributed by atoms with E-state index in [1.807, 2.05) is 24.3 Å². The standard InChI is InChI=1S/C32H35N5O9S2/c1-44-24-7-9-25(10-8-24)48(42,43)36(14-16-38)15-17-45-31-19-22(27-21-47-29-5-3-2-4-26(27)29)18-28(46-31)32(39)34-13-12-33-30-11-6-23(20-35-30)37(40)41/h2-11,18,20-22,31,38H,12-17,19H2,1H3,(H,33,35)(H,34,39)/t22-,31+/m0/s1. The minimum absolute atomic E-state index is 0.0517. The minimum atomic E-state index is -3.94. The van der Waals surface area contributed by atoms with Crippen molar-refractivity contribution in [3.63, 3.8) is 0 Å². The van der Waals surface area contributed by atoms with Crippen molar-refractivity contribution < 1.29 is 37.5 Å². The molecule has 16 heteroatoms. The number of nitrogens with zero attached hydrogens (tertiary/aromatic N) is 3. The summed E-state index contributed by atoms with van der Waals surface area (Å²) in [5.41, 5.74) is 0.896. The van der Waals surface area contributed by atoms with Gasteiger partial charge >= 0.3 is 0 Å². The third kappa shape index (κ3) is 8.45. The maximum absolute atomic E-state index is 13.3. The Kier molecular flexibility index (Phi) is 11.6. The zero-order valence-electron chi connectivity index (χ0n) is 26.0. The van der Waals surface area contributed by atoms with Crippen LogP contribution in [-0.2, 0) is 24.3 Å². The molecule has 0 saturated heterocycles. The Bertz CT molecular complexity index is 1850. The Hall–Kier alpha value is -4.61. The number of aromatic nitrogens is 1. The van der Waals surface area contributed by atoms with Gasteiger partial charge in [-0.05, 0) is 58.8 Å². The average Bonchev–Trinajstić information content (AvgIpc) is 3.54. The van der Waals surface area contributed by atoms with Gasteiger partial charge in [0.25, 0.3) is 11.6 Å². The van der Waals surface area contributed by atoms with E-state index in [1.165, 1.54) is 31.4 Å². The summed E-state index contributed by atoms with van der Waals surface area (Å²) in [7, 11) is -2.45. The second kappa shape index (κ2) is 16.0. The fraction of sp³-hybridized carbons (Fsp3) is 0.312. The molecule has 5 rings (SSSR count). The number of hydrogen-bond acceptors (Lipinski definition) is 12. The molecule has 2 aromatic heterocycles. The second-order valence-corrected chi connectivity index (χ2v) is 13.5. The zero-order chi connectivity index (χ0) is 34.1. The summed E-state index contributed by atoms with van der Waals surface area (Å²) in [6.45, 7) is -0.137. The van der Waals surface area contributed by atoms with Gasteiger partial charge in [-0.2, -0.15) is 4.31 Å². The average molecular weight is 698 g/mol. The quantitative estimate of drug-likeness (QED) is 0.0879. The van der Waals surface area contributed by atoms with E-state index in [1.54, 1.807) is 29.5 Å². The van der Waals surface area contributed by atoms with Crippen molar-refractivity contribution in [3.8, 4) is 5.75 Å². The van der Waals surface area contributed by atoms with Crippen molar-refractivity contribution in [1.82, 2.24) is 14.6 Å². The summed E-state index contributed by atoms with van der Waals surface area (Å²) in [5, 5.41) is 29.4. The summed E-state index contributed by atoms with van der Waals surface area (Å²) in [5.74, 6) is 0.317. The predicted molar refractivity (Wildman–Crippen MR) is 179 cm³/mol. The van der Waals surface area contributed by atoms with Gasteiger partial charge in [0.2, 0.25) is 16.3 Å². The fourth-order valence-electron chi connectivity index (χ4n) is 5.12. The molecule has 1 amide bonds. The number of hydrogen-bond donors (Lipinski definition) is 3. The third-order valence-electron chi connectivity index (χ3n) is 7.56. The summed E-state index contributed by atoms with van der Waals surface area (Å²) >= 11 is 1.60. The van der Waals surface area contributed by atoms with Gasteiger partial charge in [-0.3, -0.25) is 14.9 Å². The van der Waals surface area contributed by atoms with Gasteiger partial charge in [0.1, 0.15) is 17.8 Å². The SMILES string of the molecule is COc1ccc(S(=O)(=O)N(CCO)CCO[C@H]2C[C@@H](c3csc4ccccc34)C=C(C(=O)NCCNc3ccc([N+](=O)[O-])cn3)O2)cc1. The maximum Gasteiger partial charge on any atom is 0.287 e. The number of ether oxygens (including phenoxy) is 3. The first-order chi connectivity index (χ1) is 23.2. The monoisotopic (exact) mass is 697 g/mol. The molecule has 14 nitrogen and oxygen atoms in total. The molecule has 0 aliphatic carbocycles. The van der Waals surface area contributed by atoms with Crippen molar-refractivity contribution in [2.24, 2.45) is 0 Å². The van der Waals surface area contributed by atoms with Gasteiger partial charge in [-0.25, -0.2) is 13.4 Å². The summed E-state index contributed by atoms with van der Waals surface area (Å²) in [6.07, 6.45) is 2.44. The lowest BCUT2D eigenvalue weighted by Gasteiger charge is -2.30. The van der Waals surface area contributed by atoms with Crippen molar-refractivity contribution in [3.05, 3.63) is 99.8 Å². The van der Waals surface area contributed by atoms with Gasteiger partial charge in [0, 0.05) is 49.3 Å². The molecule has 1 aliphatic heterocycles. The van der Waals surface area contributed by atoms with Gasteiger partial charge in [0.15, 0.2) is 5.76 Å². The Labute approximate surface area is 281 Å². The number of carbonyl (C=O) groups excluding carboxylic acids is 1. The molecule has 0 radical (unpaired) electrons. The van der Waals surface area contributed by atoms with E-state index in [0.29, 0.717) is 24.5 Å². The number of rotatable bonds is 16. The van der Waals surface area contributed by atoms with E-state index < -0.39 is 27.1 Å². The molecule has 0 bridgehead atoms. The Morgan fingerprint density at radius 2 is 1.94 bits per heavy atom. The number of aliphatic hydroxyl groups is 1. The molecule has 0 spiro atoms. The number of pyridine rings is 1. The molecule has 2 aromatic carbocycles. The minimum Gasteiger partial charge on any atom is -0.497 e. The lowest BCUT2D eigenvalue weighted by molar-refractivity contribution is -0.385. The number of benzene rings is 2. The highest BCUT2D eigenvalue weighted by atomic mass is 32.2. The highest BCUT2D eigenvalue weighted by Gasteiger charge is 2.31. The normalized spacial score (nSPS) is 16.3. The number of nitrogens with one attached hydrogen (secondary N) is 2. The number of carbonyl (C=O) groups is 1. The van der Waals surface area contributed by atoms with E-state index in [9.17, 15) is 28.4 Å².